The van der Waals surface area contributed by atoms with Crippen molar-refractivity contribution < 1.29 is 4.74 Å². The molecule has 0 bridgehead atoms. The number of piperidine rings is 1. The fraction of sp³-hybridized carbons (Fsp3) is 1.00. The number of ether oxygens (including phenoxy) is 1. The van der Waals surface area contributed by atoms with E-state index in [9.17, 15) is 0 Å². The highest BCUT2D eigenvalue weighted by atomic mass is 16.5. The minimum absolute atomic E-state index is 0.297. The first kappa shape index (κ1) is 14.9. The highest BCUT2D eigenvalue weighted by molar-refractivity contribution is 4.71. The molecular formula is C14H30N2O. The van der Waals surface area contributed by atoms with Crippen LogP contribution < -0.4 is 5.32 Å². The molecule has 3 nitrogen and oxygen atoms in total. The molecule has 2 unspecified atom stereocenters. The third-order valence-electron chi connectivity index (χ3n) is 4.07. The molecule has 0 aromatic heterocycles. The molecule has 1 heterocycles. The molecule has 3 heteroatoms. The summed E-state index contributed by atoms with van der Waals surface area (Å²) in [6.07, 6.45) is 4.30. The van der Waals surface area contributed by atoms with Crippen LogP contribution in [-0.4, -0.2) is 50.3 Å². The Labute approximate surface area is 107 Å². The van der Waals surface area contributed by atoms with Crippen molar-refractivity contribution in [1.82, 2.24) is 10.2 Å². The van der Waals surface area contributed by atoms with Crippen molar-refractivity contribution in [2.24, 2.45) is 5.92 Å². The van der Waals surface area contributed by atoms with Gasteiger partial charge in [-0.05, 0) is 65.2 Å². The Kier molecular flexibility index (Phi) is 7.09. The van der Waals surface area contributed by atoms with E-state index in [0.29, 0.717) is 12.1 Å². The van der Waals surface area contributed by atoms with Crippen LogP contribution in [0.25, 0.3) is 0 Å². The van der Waals surface area contributed by atoms with Gasteiger partial charge in [0, 0.05) is 13.2 Å². The topological polar surface area (TPSA) is 24.5 Å². The van der Waals surface area contributed by atoms with Crippen molar-refractivity contribution in [3.63, 3.8) is 0 Å². The van der Waals surface area contributed by atoms with Gasteiger partial charge < -0.3 is 15.0 Å². The molecule has 1 aliphatic rings. The maximum Gasteiger partial charge on any atom is 0.0693 e. The molecule has 0 spiro atoms. The van der Waals surface area contributed by atoms with Crippen LogP contribution in [0.1, 0.15) is 40.0 Å². The van der Waals surface area contributed by atoms with Crippen LogP contribution in [0.4, 0.5) is 0 Å². The zero-order chi connectivity index (χ0) is 12.7. The number of nitrogens with one attached hydrogen (secondary N) is 1. The number of methoxy groups -OCH3 is 1. The molecule has 1 N–H and O–H groups in total. The fourth-order valence-electron chi connectivity index (χ4n) is 2.29. The maximum atomic E-state index is 5.30. The molecule has 1 saturated heterocycles. The van der Waals surface area contributed by atoms with E-state index in [0.717, 1.165) is 12.5 Å². The minimum atomic E-state index is 0.297. The van der Waals surface area contributed by atoms with Gasteiger partial charge in [0.15, 0.2) is 0 Å². The standard InChI is InChI=1S/C14H30N2O/c1-12-6-10-16(11-7-12)9-5-8-15-13(2)14(3)17-4/h12-15H,5-11H2,1-4H3. The van der Waals surface area contributed by atoms with Crippen LogP contribution in [0.3, 0.4) is 0 Å². The lowest BCUT2D eigenvalue weighted by Crippen LogP contribution is -2.39. The summed E-state index contributed by atoms with van der Waals surface area (Å²) in [5.74, 6) is 0.937. The summed E-state index contributed by atoms with van der Waals surface area (Å²) in [5.41, 5.74) is 0. The second-order valence-electron chi connectivity index (χ2n) is 5.56. The van der Waals surface area contributed by atoms with Crippen molar-refractivity contribution in [1.29, 1.82) is 0 Å². The SMILES string of the molecule is COC(C)C(C)NCCCN1CCC(C)CC1. The third kappa shape index (κ3) is 5.84. The first-order valence-corrected chi connectivity index (χ1v) is 7.12. The van der Waals surface area contributed by atoms with Gasteiger partial charge in [-0.2, -0.15) is 0 Å². The Morgan fingerprint density at radius 1 is 1.29 bits per heavy atom. The van der Waals surface area contributed by atoms with Crippen molar-refractivity contribution >= 4 is 0 Å². The summed E-state index contributed by atoms with van der Waals surface area (Å²) in [4.78, 5) is 2.60. The lowest BCUT2D eigenvalue weighted by atomic mass is 9.99. The molecule has 1 fully saturated rings. The molecule has 2 atom stereocenters. The van der Waals surface area contributed by atoms with Crippen molar-refractivity contribution in [3.05, 3.63) is 0 Å². The smallest absolute Gasteiger partial charge is 0.0693 e. The summed E-state index contributed by atoms with van der Waals surface area (Å²) < 4.78 is 5.30. The van der Waals surface area contributed by atoms with E-state index in [-0.39, 0.29) is 0 Å². The van der Waals surface area contributed by atoms with Crippen LogP contribution in [0, 0.1) is 5.92 Å². The van der Waals surface area contributed by atoms with E-state index in [1.165, 1.54) is 38.9 Å². The molecule has 17 heavy (non-hydrogen) atoms. The molecule has 102 valence electrons. The molecule has 0 radical (unpaired) electrons. The fourth-order valence-corrected chi connectivity index (χ4v) is 2.29. The summed E-state index contributed by atoms with van der Waals surface area (Å²) in [7, 11) is 1.78. The van der Waals surface area contributed by atoms with Gasteiger partial charge in [0.1, 0.15) is 0 Å². The van der Waals surface area contributed by atoms with Gasteiger partial charge >= 0.3 is 0 Å². The first-order valence-electron chi connectivity index (χ1n) is 7.12. The predicted molar refractivity (Wildman–Crippen MR) is 73.4 cm³/mol. The average Bonchev–Trinajstić information content (AvgIpc) is 2.35. The van der Waals surface area contributed by atoms with Gasteiger partial charge in [0.05, 0.1) is 6.10 Å². The molecule has 0 saturated carbocycles. The van der Waals surface area contributed by atoms with Crippen molar-refractivity contribution in [3.8, 4) is 0 Å². The Balaban J connectivity index is 2.00. The summed E-state index contributed by atoms with van der Waals surface area (Å²) >= 11 is 0. The molecule has 0 aromatic carbocycles. The van der Waals surface area contributed by atoms with Crippen LogP contribution in [0.5, 0.6) is 0 Å². The summed E-state index contributed by atoms with van der Waals surface area (Å²) in [5, 5.41) is 3.53. The molecule has 1 rings (SSSR count). The number of hydrogen-bond acceptors (Lipinski definition) is 3. The Morgan fingerprint density at radius 3 is 2.53 bits per heavy atom. The van der Waals surface area contributed by atoms with Gasteiger partial charge in [-0.3, -0.25) is 0 Å². The number of likely N-dealkylation sites (tertiary alicyclic amines) is 1. The Bertz CT molecular complexity index is 191. The first-order chi connectivity index (χ1) is 8.13. The number of nitrogens with zero attached hydrogens (tertiary/aromatic N) is 1. The van der Waals surface area contributed by atoms with Crippen molar-refractivity contribution in [2.45, 2.75) is 52.2 Å². The van der Waals surface area contributed by atoms with Crippen LogP contribution in [0.15, 0.2) is 0 Å². The maximum absolute atomic E-state index is 5.30. The van der Waals surface area contributed by atoms with Crippen LogP contribution in [-0.2, 0) is 4.74 Å². The summed E-state index contributed by atoms with van der Waals surface area (Å²) in [6.45, 7) is 11.6. The quantitative estimate of drug-likeness (QED) is 0.692. The van der Waals surface area contributed by atoms with E-state index in [4.69, 9.17) is 4.74 Å². The van der Waals surface area contributed by atoms with Gasteiger partial charge in [0.2, 0.25) is 0 Å². The lowest BCUT2D eigenvalue weighted by Gasteiger charge is -2.30. The number of hydrogen-bond donors (Lipinski definition) is 1. The highest BCUT2D eigenvalue weighted by Crippen LogP contribution is 2.15. The molecule has 0 aromatic rings. The molecule has 0 amide bonds. The van der Waals surface area contributed by atoms with Crippen molar-refractivity contribution in [2.75, 3.05) is 33.3 Å². The van der Waals surface area contributed by atoms with E-state index in [2.05, 4.69) is 31.0 Å². The normalized spacial score (nSPS) is 22.6. The predicted octanol–water partition coefficient (Wildman–Crippen LogP) is 2.12. The van der Waals surface area contributed by atoms with Crippen LogP contribution in [0.2, 0.25) is 0 Å². The molecule has 0 aliphatic carbocycles. The zero-order valence-electron chi connectivity index (χ0n) is 12.0. The van der Waals surface area contributed by atoms with Crippen LogP contribution >= 0.6 is 0 Å². The molecule has 1 aliphatic heterocycles. The van der Waals surface area contributed by atoms with Gasteiger partial charge in [0.25, 0.3) is 0 Å². The monoisotopic (exact) mass is 242 g/mol. The highest BCUT2D eigenvalue weighted by Gasteiger charge is 2.15. The lowest BCUT2D eigenvalue weighted by molar-refractivity contribution is 0.0881. The summed E-state index contributed by atoms with van der Waals surface area (Å²) in [6, 6.07) is 0.446. The second kappa shape index (κ2) is 8.06. The zero-order valence-corrected chi connectivity index (χ0v) is 12.0. The molecular weight excluding hydrogens is 212 g/mol. The van der Waals surface area contributed by atoms with E-state index in [1.807, 2.05) is 0 Å². The van der Waals surface area contributed by atoms with E-state index < -0.39 is 0 Å². The Morgan fingerprint density at radius 2 is 1.94 bits per heavy atom. The van der Waals surface area contributed by atoms with E-state index in [1.54, 1.807) is 7.11 Å². The average molecular weight is 242 g/mol. The third-order valence-corrected chi connectivity index (χ3v) is 4.07. The Hall–Kier alpha value is -0.120. The van der Waals surface area contributed by atoms with E-state index >= 15 is 0 Å². The van der Waals surface area contributed by atoms with Gasteiger partial charge in [-0.15, -0.1) is 0 Å². The minimum Gasteiger partial charge on any atom is -0.380 e. The van der Waals surface area contributed by atoms with Gasteiger partial charge in [-0.25, -0.2) is 0 Å². The van der Waals surface area contributed by atoms with Gasteiger partial charge in [-0.1, -0.05) is 6.92 Å². The largest absolute Gasteiger partial charge is 0.380 e. The second-order valence-corrected chi connectivity index (χ2v) is 5.56. The number of rotatable bonds is 7.